The van der Waals surface area contributed by atoms with E-state index in [-0.39, 0.29) is 49.6 Å². The lowest BCUT2D eigenvalue weighted by Crippen LogP contribution is -2.57. The first-order valence-corrected chi connectivity index (χ1v) is 16.6. The SMILES string of the molecule is COc1cc(-c2cn(C)c(=O)c3cnccc23)cc(Cl)c1CN1CC[C@@H](NCCNc2ccc(N[C@H]3CCC(=O)NC3=O)cc2F)C(F)(F)C1. The second-order valence-corrected chi connectivity index (χ2v) is 13.0. The van der Waals surface area contributed by atoms with E-state index in [9.17, 15) is 18.8 Å². The molecule has 2 aliphatic heterocycles. The maximum absolute atomic E-state index is 15.4. The van der Waals surface area contributed by atoms with Crippen molar-refractivity contribution in [1.29, 1.82) is 0 Å². The maximum Gasteiger partial charge on any atom is 0.275 e. The number of alkyl halides is 2. The number of aryl methyl sites for hydroxylation is 1. The zero-order chi connectivity index (χ0) is 35.6. The number of benzene rings is 2. The smallest absolute Gasteiger partial charge is 0.275 e. The van der Waals surface area contributed by atoms with E-state index < -0.39 is 36.3 Å². The number of hydrogen-bond acceptors (Lipinski definition) is 9. The summed E-state index contributed by atoms with van der Waals surface area (Å²) < 4.78 is 52.6. The van der Waals surface area contributed by atoms with Crippen molar-refractivity contribution in [3.63, 3.8) is 0 Å². The van der Waals surface area contributed by atoms with Crippen LogP contribution in [0.25, 0.3) is 21.9 Å². The monoisotopic (exact) mass is 711 g/mol. The predicted molar refractivity (Wildman–Crippen MR) is 185 cm³/mol. The van der Waals surface area contributed by atoms with Gasteiger partial charge in [0.2, 0.25) is 11.8 Å². The topological polar surface area (TPSA) is 130 Å². The van der Waals surface area contributed by atoms with Crippen LogP contribution in [0.4, 0.5) is 24.5 Å². The van der Waals surface area contributed by atoms with Crippen LogP contribution in [0.1, 0.15) is 24.8 Å². The van der Waals surface area contributed by atoms with E-state index in [0.29, 0.717) is 51.3 Å². The van der Waals surface area contributed by atoms with Crippen LogP contribution >= 0.6 is 11.6 Å². The summed E-state index contributed by atoms with van der Waals surface area (Å²) in [6, 6.07) is 7.95. The molecule has 50 heavy (non-hydrogen) atoms. The number of hydrogen-bond donors (Lipinski definition) is 4. The Morgan fingerprint density at radius 3 is 2.66 bits per heavy atom. The van der Waals surface area contributed by atoms with Crippen LogP contribution in [0.2, 0.25) is 5.02 Å². The van der Waals surface area contributed by atoms with Gasteiger partial charge in [-0.1, -0.05) is 11.6 Å². The summed E-state index contributed by atoms with van der Waals surface area (Å²) >= 11 is 6.76. The fourth-order valence-corrected chi connectivity index (χ4v) is 6.76. The molecule has 0 radical (unpaired) electrons. The fourth-order valence-electron chi connectivity index (χ4n) is 6.49. The van der Waals surface area contributed by atoms with Crippen LogP contribution in [-0.4, -0.2) is 77.6 Å². The lowest BCUT2D eigenvalue weighted by atomic mass is 9.98. The molecule has 2 aliphatic rings. The van der Waals surface area contributed by atoms with Gasteiger partial charge >= 0.3 is 0 Å². The van der Waals surface area contributed by atoms with E-state index in [0.717, 1.165) is 5.56 Å². The number of carbonyl (C=O) groups is 2. The molecule has 6 rings (SSSR count). The first-order valence-electron chi connectivity index (χ1n) is 16.2. The number of anilines is 2. The summed E-state index contributed by atoms with van der Waals surface area (Å²) in [4.78, 5) is 41.7. The Morgan fingerprint density at radius 1 is 1.10 bits per heavy atom. The summed E-state index contributed by atoms with van der Waals surface area (Å²) in [5.74, 6) is -3.96. The van der Waals surface area contributed by atoms with Gasteiger partial charge in [-0.05, 0) is 60.2 Å². The lowest BCUT2D eigenvalue weighted by molar-refractivity contribution is -0.133. The van der Waals surface area contributed by atoms with Gasteiger partial charge in [-0.25, -0.2) is 13.2 Å². The average molecular weight is 712 g/mol. The summed E-state index contributed by atoms with van der Waals surface area (Å²) in [6.45, 7) is 0.420. The molecule has 4 heterocycles. The minimum absolute atomic E-state index is 0.151. The van der Waals surface area contributed by atoms with Crippen LogP contribution < -0.4 is 31.6 Å². The Balaban J connectivity index is 1.04. The van der Waals surface area contributed by atoms with Gasteiger partial charge in [0, 0.05) is 80.1 Å². The molecule has 2 aromatic heterocycles. The van der Waals surface area contributed by atoms with Crippen LogP contribution in [0.5, 0.6) is 5.75 Å². The van der Waals surface area contributed by atoms with Gasteiger partial charge in [-0.3, -0.25) is 29.6 Å². The summed E-state index contributed by atoms with van der Waals surface area (Å²) in [6.07, 6.45) is 5.54. The van der Waals surface area contributed by atoms with Crippen molar-refractivity contribution in [2.24, 2.45) is 7.05 Å². The second kappa shape index (κ2) is 14.7. The number of rotatable bonds is 11. The van der Waals surface area contributed by atoms with Crippen molar-refractivity contribution in [2.45, 2.75) is 43.8 Å². The Bertz CT molecular complexity index is 1990. The highest BCUT2D eigenvalue weighted by Gasteiger charge is 2.44. The van der Waals surface area contributed by atoms with Gasteiger partial charge in [-0.15, -0.1) is 0 Å². The summed E-state index contributed by atoms with van der Waals surface area (Å²) in [5.41, 5.74) is 2.46. The highest BCUT2D eigenvalue weighted by Crippen LogP contribution is 2.38. The molecular formula is C35H37ClF3N7O4. The molecule has 15 heteroatoms. The van der Waals surface area contributed by atoms with Crippen LogP contribution in [0.15, 0.2) is 59.8 Å². The number of pyridine rings is 2. The second-order valence-electron chi connectivity index (χ2n) is 12.6. The number of ether oxygens (including phenoxy) is 1. The molecule has 2 amide bonds. The van der Waals surface area contributed by atoms with E-state index in [1.807, 2.05) is 0 Å². The van der Waals surface area contributed by atoms with Crippen LogP contribution in [0, 0.1) is 5.82 Å². The number of piperidine rings is 2. The molecule has 11 nitrogen and oxygen atoms in total. The highest BCUT2D eigenvalue weighted by molar-refractivity contribution is 6.32. The number of carbonyl (C=O) groups excluding carboxylic acids is 2. The van der Waals surface area contributed by atoms with Gasteiger partial charge in [0.1, 0.15) is 17.6 Å². The van der Waals surface area contributed by atoms with Crippen LogP contribution in [0.3, 0.4) is 0 Å². The minimum atomic E-state index is -3.05. The number of aromatic nitrogens is 2. The maximum atomic E-state index is 15.4. The molecule has 0 aliphatic carbocycles. The number of imide groups is 1. The Morgan fingerprint density at radius 2 is 1.92 bits per heavy atom. The highest BCUT2D eigenvalue weighted by atomic mass is 35.5. The van der Waals surface area contributed by atoms with E-state index >= 15 is 8.78 Å². The standard InChI is InChI=1S/C35H37ClF3N7O4/c1-45-17-24(22-7-9-40-16-23(22)34(45)49)20-13-26(36)25(30(14-20)50-2)18-46-12-8-31(35(38,39)19-46)42-11-10-41-28-4-3-21(15-27(28)37)43-29-5-6-32(47)44-33(29)48/h3-4,7,9,13-17,29,31,41-43H,5-6,8,10-12,18-19H2,1-2H3,(H,44,47,48)/t29-,31+/m0/s1. The largest absolute Gasteiger partial charge is 0.496 e. The van der Waals surface area contributed by atoms with E-state index in [1.54, 1.807) is 48.6 Å². The van der Waals surface area contributed by atoms with Gasteiger partial charge in [0.25, 0.3) is 11.5 Å². The number of methoxy groups -OCH3 is 1. The molecular weight excluding hydrogens is 675 g/mol. The van der Waals surface area contributed by atoms with Crippen molar-refractivity contribution in [3.8, 4) is 16.9 Å². The Labute approximate surface area is 291 Å². The van der Waals surface area contributed by atoms with Crippen molar-refractivity contribution in [3.05, 3.63) is 81.7 Å². The first-order chi connectivity index (χ1) is 23.9. The summed E-state index contributed by atoms with van der Waals surface area (Å²) in [7, 11) is 3.16. The van der Waals surface area contributed by atoms with Crippen molar-refractivity contribution < 1.29 is 27.5 Å². The zero-order valence-electron chi connectivity index (χ0n) is 27.5. The quantitative estimate of drug-likeness (QED) is 0.131. The Hall–Kier alpha value is -4.66. The van der Waals surface area contributed by atoms with Crippen molar-refractivity contribution >= 4 is 45.6 Å². The van der Waals surface area contributed by atoms with Gasteiger partial charge in [-0.2, -0.15) is 0 Å². The lowest BCUT2D eigenvalue weighted by Gasteiger charge is -2.39. The summed E-state index contributed by atoms with van der Waals surface area (Å²) in [5, 5.41) is 12.5. The molecule has 0 unspecified atom stereocenters. The Kier molecular flexibility index (Phi) is 10.3. The van der Waals surface area contributed by atoms with E-state index in [1.165, 1.54) is 30.0 Å². The number of nitrogens with one attached hydrogen (secondary N) is 4. The molecule has 0 spiro atoms. The third-order valence-corrected chi connectivity index (χ3v) is 9.45. The van der Waals surface area contributed by atoms with Gasteiger partial charge < -0.3 is 25.3 Å². The first kappa shape index (κ1) is 35.2. The van der Waals surface area contributed by atoms with Crippen LogP contribution in [-0.2, 0) is 23.2 Å². The molecule has 2 aromatic carbocycles. The number of amides is 2. The molecule has 264 valence electrons. The van der Waals surface area contributed by atoms with Crippen molar-refractivity contribution in [2.75, 3.05) is 43.9 Å². The molecule has 0 bridgehead atoms. The third kappa shape index (κ3) is 7.57. The third-order valence-electron chi connectivity index (χ3n) is 9.11. The van der Waals surface area contributed by atoms with Gasteiger partial charge in [0.15, 0.2) is 0 Å². The molecule has 4 aromatic rings. The molecule has 2 saturated heterocycles. The number of likely N-dealkylation sites (tertiary alicyclic amines) is 1. The zero-order valence-corrected chi connectivity index (χ0v) is 28.3. The average Bonchev–Trinajstić information content (AvgIpc) is 3.08. The molecule has 2 fully saturated rings. The number of fused-ring (bicyclic) bond motifs is 1. The molecule has 2 atom stereocenters. The number of nitrogens with zero attached hydrogens (tertiary/aromatic N) is 3. The molecule has 0 saturated carbocycles. The van der Waals surface area contributed by atoms with E-state index in [4.69, 9.17) is 16.3 Å². The fraction of sp³-hybridized carbons (Fsp3) is 0.371. The molecule has 4 N–H and O–H groups in total. The van der Waals surface area contributed by atoms with Crippen molar-refractivity contribution in [1.82, 2.24) is 25.1 Å². The normalized spacial score (nSPS) is 19.3. The minimum Gasteiger partial charge on any atom is -0.496 e. The van der Waals surface area contributed by atoms with Gasteiger partial charge in [0.05, 0.1) is 30.8 Å². The van der Waals surface area contributed by atoms with E-state index in [2.05, 4.69) is 26.3 Å². The number of halogens is 4. The predicted octanol–water partition coefficient (Wildman–Crippen LogP) is 4.53.